The lowest BCUT2D eigenvalue weighted by molar-refractivity contribution is -0.136. The van der Waals surface area contributed by atoms with Crippen molar-refractivity contribution < 1.29 is 27.2 Å². The topological polar surface area (TPSA) is 71.1 Å². The summed E-state index contributed by atoms with van der Waals surface area (Å²) in [6.45, 7) is 3.39. The second-order valence-corrected chi connectivity index (χ2v) is 8.18. The summed E-state index contributed by atoms with van der Waals surface area (Å²) >= 11 is 0. The number of carbonyl (C=O) groups is 2. The van der Waals surface area contributed by atoms with E-state index in [1.807, 2.05) is 0 Å². The summed E-state index contributed by atoms with van der Waals surface area (Å²) < 4.78 is 47.4. The Kier molecular flexibility index (Phi) is 6.44. The average molecular weight is 462 g/mol. The van der Waals surface area contributed by atoms with E-state index in [1.165, 1.54) is 34.2 Å². The number of alkyl halides is 3. The maximum atomic E-state index is 13.7. The summed E-state index contributed by atoms with van der Waals surface area (Å²) in [5.74, 6) is -0.719. The zero-order valence-corrected chi connectivity index (χ0v) is 18.3. The van der Waals surface area contributed by atoms with Gasteiger partial charge >= 0.3 is 6.18 Å². The largest absolute Gasteiger partial charge is 0.472 e. The molecule has 2 amide bonds. The molecule has 4 heterocycles. The summed E-state index contributed by atoms with van der Waals surface area (Å²) in [5, 5.41) is 0. The van der Waals surface area contributed by atoms with Crippen LogP contribution >= 0.6 is 0 Å². The second-order valence-electron chi connectivity index (χ2n) is 8.18. The molecular formula is C23H25F3N4O3. The van der Waals surface area contributed by atoms with Crippen LogP contribution in [0.2, 0.25) is 0 Å². The molecule has 10 heteroatoms. The highest BCUT2D eigenvalue weighted by Crippen LogP contribution is 2.35. The third-order valence-corrected chi connectivity index (χ3v) is 5.82. The van der Waals surface area contributed by atoms with Crippen LogP contribution in [0.25, 0.3) is 16.8 Å². The number of carbonyl (C=O) groups excluding carboxylic acids is 2. The first-order chi connectivity index (χ1) is 15.8. The van der Waals surface area contributed by atoms with Crippen LogP contribution in [0.15, 0.2) is 41.5 Å². The van der Waals surface area contributed by atoms with Gasteiger partial charge in [0.05, 0.1) is 18.1 Å². The molecule has 1 aliphatic rings. The van der Waals surface area contributed by atoms with Crippen LogP contribution in [0.1, 0.15) is 48.7 Å². The molecule has 1 aliphatic heterocycles. The molecule has 0 spiro atoms. The Labute approximate surface area is 188 Å². The fourth-order valence-electron chi connectivity index (χ4n) is 4.01. The number of imidazole rings is 1. The van der Waals surface area contributed by atoms with Gasteiger partial charge < -0.3 is 18.6 Å². The number of unbranched alkanes of at least 4 members (excludes halogenated alkanes) is 3. The number of nitrogens with zero attached hydrogens (tertiary/aromatic N) is 4. The number of hydrogen-bond donors (Lipinski definition) is 0. The van der Waals surface area contributed by atoms with Gasteiger partial charge in [0.2, 0.25) is 5.91 Å². The fraction of sp³-hybridized carbons (Fsp3) is 0.435. The molecule has 0 N–H and O–H groups in total. The predicted molar refractivity (Wildman–Crippen MR) is 115 cm³/mol. The van der Waals surface area contributed by atoms with Crippen molar-refractivity contribution in [3.8, 4) is 11.1 Å². The van der Waals surface area contributed by atoms with Crippen LogP contribution in [0.4, 0.5) is 13.2 Å². The lowest BCUT2D eigenvalue weighted by Gasteiger charge is -2.34. The van der Waals surface area contributed by atoms with E-state index in [4.69, 9.17) is 4.42 Å². The van der Waals surface area contributed by atoms with Crippen molar-refractivity contribution in [2.45, 2.75) is 38.8 Å². The molecule has 0 aromatic carbocycles. The molecule has 1 saturated heterocycles. The molecule has 0 saturated carbocycles. The molecular weight excluding hydrogens is 437 g/mol. The molecule has 0 radical (unpaired) electrons. The molecule has 3 aromatic rings. The second kappa shape index (κ2) is 9.29. The first-order valence-corrected chi connectivity index (χ1v) is 11.0. The summed E-state index contributed by atoms with van der Waals surface area (Å²) in [6, 6.07) is 2.54. The maximum absolute atomic E-state index is 13.7. The van der Waals surface area contributed by atoms with Gasteiger partial charge in [0.1, 0.15) is 17.9 Å². The summed E-state index contributed by atoms with van der Waals surface area (Å²) in [4.78, 5) is 32.5. The number of hydrogen-bond acceptors (Lipinski definition) is 4. The van der Waals surface area contributed by atoms with Crippen LogP contribution in [-0.4, -0.2) is 57.2 Å². The highest BCUT2D eigenvalue weighted by molar-refractivity contribution is 5.96. The van der Waals surface area contributed by atoms with Gasteiger partial charge in [-0.15, -0.1) is 0 Å². The predicted octanol–water partition coefficient (Wildman–Crippen LogP) is 4.48. The van der Waals surface area contributed by atoms with Gasteiger partial charge in [-0.1, -0.05) is 26.2 Å². The van der Waals surface area contributed by atoms with Crippen LogP contribution < -0.4 is 0 Å². The van der Waals surface area contributed by atoms with Crippen LogP contribution in [-0.2, 0) is 11.0 Å². The summed E-state index contributed by atoms with van der Waals surface area (Å²) in [5.41, 5.74) is -0.683. The third kappa shape index (κ3) is 4.89. The number of rotatable bonds is 7. The minimum atomic E-state index is -4.66. The smallest absolute Gasteiger partial charge is 0.420 e. The van der Waals surface area contributed by atoms with E-state index in [2.05, 4.69) is 11.9 Å². The summed E-state index contributed by atoms with van der Waals surface area (Å²) in [6.07, 6.45) is 4.99. The molecule has 176 valence electrons. The standard InChI is InChI=1S/C23H25F3N4O3/c1-2-3-4-5-7-28-8-9-29(14-20(28)31)22(32)19-13-30-12-17(16-6-10-33-15-16)11-18(21(30)27-19)23(24,25)26/h6,10-13,15H,2-5,7-9,14H2,1H3. The van der Waals surface area contributed by atoms with Crippen molar-refractivity contribution >= 4 is 17.5 Å². The van der Waals surface area contributed by atoms with Crippen molar-refractivity contribution in [1.29, 1.82) is 0 Å². The Morgan fingerprint density at radius 3 is 2.64 bits per heavy atom. The van der Waals surface area contributed by atoms with Crippen molar-refractivity contribution in [1.82, 2.24) is 19.2 Å². The van der Waals surface area contributed by atoms with Crippen molar-refractivity contribution in [3.05, 3.63) is 48.3 Å². The number of halogens is 3. The fourth-order valence-corrected chi connectivity index (χ4v) is 4.01. The molecule has 7 nitrogen and oxygen atoms in total. The van der Waals surface area contributed by atoms with Gasteiger partial charge in [-0.2, -0.15) is 13.2 Å². The monoisotopic (exact) mass is 462 g/mol. The normalized spacial score (nSPS) is 15.0. The SMILES string of the molecule is CCCCCCN1CCN(C(=O)c2cn3cc(-c4ccoc4)cc(C(F)(F)F)c3n2)CC1=O. The number of piperazine rings is 1. The Bertz CT molecular complexity index is 1140. The molecule has 0 unspecified atom stereocenters. The van der Waals surface area contributed by atoms with E-state index in [0.717, 1.165) is 31.7 Å². The van der Waals surface area contributed by atoms with Gasteiger partial charge in [-0.3, -0.25) is 9.59 Å². The number of aromatic nitrogens is 2. The van der Waals surface area contributed by atoms with Crippen LogP contribution in [0.3, 0.4) is 0 Å². The first-order valence-electron chi connectivity index (χ1n) is 11.0. The van der Waals surface area contributed by atoms with E-state index < -0.39 is 17.6 Å². The molecule has 4 rings (SSSR count). The molecule has 0 aliphatic carbocycles. The van der Waals surface area contributed by atoms with Gasteiger partial charge in [0.25, 0.3) is 5.91 Å². The molecule has 3 aromatic heterocycles. The van der Waals surface area contributed by atoms with Gasteiger partial charge in [-0.05, 0) is 18.6 Å². The van der Waals surface area contributed by atoms with E-state index in [-0.39, 0.29) is 29.4 Å². The van der Waals surface area contributed by atoms with Gasteiger partial charge in [-0.25, -0.2) is 4.98 Å². The number of fused-ring (bicyclic) bond motifs is 1. The van der Waals surface area contributed by atoms with E-state index in [9.17, 15) is 22.8 Å². The number of pyridine rings is 1. The van der Waals surface area contributed by atoms with Gasteiger partial charge in [0.15, 0.2) is 0 Å². The Balaban J connectivity index is 1.55. The minimum Gasteiger partial charge on any atom is -0.472 e. The van der Waals surface area contributed by atoms with E-state index in [1.54, 1.807) is 11.0 Å². The quantitative estimate of drug-likeness (QED) is 0.486. The van der Waals surface area contributed by atoms with Crippen molar-refractivity contribution in [3.63, 3.8) is 0 Å². The molecule has 0 atom stereocenters. The third-order valence-electron chi connectivity index (χ3n) is 5.82. The first kappa shape index (κ1) is 22.9. The van der Waals surface area contributed by atoms with Crippen molar-refractivity contribution in [2.24, 2.45) is 0 Å². The average Bonchev–Trinajstić information content (AvgIpc) is 3.45. The van der Waals surface area contributed by atoms with Crippen LogP contribution in [0.5, 0.6) is 0 Å². The summed E-state index contributed by atoms with van der Waals surface area (Å²) in [7, 11) is 0. The Hall–Kier alpha value is -3.30. The lowest BCUT2D eigenvalue weighted by atomic mass is 10.1. The molecule has 0 bridgehead atoms. The zero-order valence-electron chi connectivity index (χ0n) is 18.3. The molecule has 1 fully saturated rings. The van der Waals surface area contributed by atoms with E-state index >= 15 is 0 Å². The number of amides is 2. The highest BCUT2D eigenvalue weighted by atomic mass is 19.4. The Morgan fingerprint density at radius 1 is 1.15 bits per heavy atom. The van der Waals surface area contributed by atoms with E-state index in [0.29, 0.717) is 25.2 Å². The van der Waals surface area contributed by atoms with Gasteiger partial charge in [0, 0.05) is 43.2 Å². The van der Waals surface area contributed by atoms with Crippen molar-refractivity contribution in [2.75, 3.05) is 26.2 Å². The highest BCUT2D eigenvalue weighted by Gasteiger charge is 2.36. The Morgan fingerprint density at radius 2 is 1.97 bits per heavy atom. The molecule has 33 heavy (non-hydrogen) atoms. The zero-order chi connectivity index (χ0) is 23.6. The number of furan rings is 1. The minimum absolute atomic E-state index is 0.104. The maximum Gasteiger partial charge on any atom is 0.420 e. The van der Waals surface area contributed by atoms with Crippen LogP contribution in [0, 0.1) is 0 Å². The lowest BCUT2D eigenvalue weighted by Crippen LogP contribution is -2.52.